The highest BCUT2D eigenvalue weighted by Gasteiger charge is 2.30. The zero-order valence-corrected chi connectivity index (χ0v) is 17.2. The van der Waals surface area contributed by atoms with Crippen LogP contribution in [0.25, 0.3) is 0 Å². The first-order valence-corrected chi connectivity index (χ1v) is 11.2. The smallest absolute Gasteiger partial charge is 0.368 e. The lowest BCUT2D eigenvalue weighted by Gasteiger charge is -2.23. The minimum atomic E-state index is -3.97. The van der Waals surface area contributed by atoms with E-state index in [2.05, 4.69) is 0 Å². The number of hydrogen-bond donors (Lipinski definition) is 0. The fraction of sp³-hybridized carbons (Fsp3) is 0.625. The summed E-state index contributed by atoms with van der Waals surface area (Å²) in [4.78, 5) is -0.124. The van der Waals surface area contributed by atoms with Gasteiger partial charge in [0, 0.05) is 0 Å². The Morgan fingerprint density at radius 1 is 1.08 bits per heavy atom. The fourth-order valence-corrected chi connectivity index (χ4v) is 4.82. The molecule has 0 saturated heterocycles. The molecule has 0 saturated carbocycles. The maximum Gasteiger partial charge on any atom is 0.368 e. The van der Waals surface area contributed by atoms with Crippen molar-refractivity contribution < 1.29 is 31.0 Å². The van der Waals surface area contributed by atoms with Gasteiger partial charge in [-0.1, -0.05) is 6.07 Å². The van der Waals surface area contributed by atoms with Crippen molar-refractivity contribution in [2.45, 2.75) is 58.6 Å². The van der Waals surface area contributed by atoms with Crippen LogP contribution in [0.4, 0.5) is 0 Å². The van der Waals surface area contributed by atoms with Gasteiger partial charge in [0.05, 0.1) is 18.8 Å². The predicted octanol–water partition coefficient (Wildman–Crippen LogP) is 4.10. The molecule has 0 unspecified atom stereocenters. The minimum absolute atomic E-state index is 0.00106. The average molecular weight is 394 g/mol. The Labute approximate surface area is 150 Å². The molecule has 0 atom stereocenters. The maximum atomic E-state index is 12.8. The molecule has 144 valence electrons. The number of aryl methyl sites for hydroxylation is 1. The average Bonchev–Trinajstić information content (AvgIpc) is 2.43. The molecule has 0 aliphatic rings. The van der Waals surface area contributed by atoms with Gasteiger partial charge in [-0.3, -0.25) is 8.75 Å². The molecule has 1 rings (SSSR count). The highest BCUT2D eigenvalue weighted by Crippen LogP contribution is 2.50. The first kappa shape index (κ1) is 22.1. The lowest BCUT2D eigenvalue weighted by Crippen LogP contribution is -2.14. The second kappa shape index (κ2) is 9.14. The number of rotatable bonds is 10. The molecule has 0 bridgehead atoms. The van der Waals surface area contributed by atoms with E-state index in [1.54, 1.807) is 53.7 Å². The summed E-state index contributed by atoms with van der Waals surface area (Å²) in [5.74, 6) is 0.0494. The highest BCUT2D eigenvalue weighted by molar-refractivity contribution is 7.86. The van der Waals surface area contributed by atoms with E-state index >= 15 is 0 Å². The Bertz CT molecular complexity index is 699. The summed E-state index contributed by atoms with van der Waals surface area (Å²) in [6.45, 7) is 10.3. The molecule has 0 radical (unpaired) electrons. The van der Waals surface area contributed by atoms with Crippen molar-refractivity contribution in [3.05, 3.63) is 23.8 Å². The summed E-state index contributed by atoms with van der Waals surface area (Å²) in [6.07, 6.45) is -1.07. The van der Waals surface area contributed by atoms with Gasteiger partial charge in [-0.25, -0.2) is 0 Å². The Morgan fingerprint density at radius 2 is 1.64 bits per heavy atom. The van der Waals surface area contributed by atoms with Crippen LogP contribution in [0.5, 0.6) is 5.75 Å². The molecule has 0 aliphatic heterocycles. The molecule has 25 heavy (non-hydrogen) atoms. The van der Waals surface area contributed by atoms with Crippen LogP contribution in [-0.2, 0) is 27.9 Å². The van der Waals surface area contributed by atoms with Gasteiger partial charge in [-0.15, -0.1) is 0 Å². The van der Waals surface area contributed by atoms with E-state index in [1.165, 1.54) is 6.07 Å². The van der Waals surface area contributed by atoms with E-state index in [1.807, 2.05) is 0 Å². The van der Waals surface area contributed by atoms with Crippen LogP contribution in [0.2, 0.25) is 0 Å². The van der Waals surface area contributed by atoms with Crippen LogP contribution in [0, 0.1) is 6.92 Å². The van der Waals surface area contributed by atoms with Gasteiger partial charge >= 0.3 is 17.7 Å². The molecule has 7 nitrogen and oxygen atoms in total. The first-order valence-electron chi connectivity index (χ1n) is 8.08. The SMILES string of the molecule is CCOS(=O)(=O)c1ccc(C)cc1OCP(=O)(OC(C)C)OC(C)C. The Hall–Kier alpha value is -0.920. The first-order chi connectivity index (χ1) is 11.5. The van der Waals surface area contributed by atoms with Gasteiger partial charge in [-0.05, 0) is 59.2 Å². The molecule has 0 N–H and O–H groups in total. The van der Waals surface area contributed by atoms with Gasteiger partial charge < -0.3 is 13.8 Å². The molecular formula is C16H27O7PS. The van der Waals surface area contributed by atoms with Crippen molar-refractivity contribution in [1.82, 2.24) is 0 Å². The van der Waals surface area contributed by atoms with Gasteiger partial charge in [0.15, 0.2) is 6.35 Å². The third-order valence-corrected chi connectivity index (χ3v) is 6.12. The third-order valence-electron chi connectivity index (χ3n) is 2.76. The minimum Gasteiger partial charge on any atom is -0.479 e. The highest BCUT2D eigenvalue weighted by atomic mass is 32.2. The second-order valence-corrected chi connectivity index (χ2v) is 9.49. The van der Waals surface area contributed by atoms with Gasteiger partial charge in [-0.2, -0.15) is 8.42 Å². The lowest BCUT2D eigenvalue weighted by atomic mass is 10.2. The summed E-state index contributed by atoms with van der Waals surface area (Å²) in [5.41, 5.74) is 0.787. The van der Waals surface area contributed by atoms with Crippen molar-refractivity contribution in [2.75, 3.05) is 13.0 Å². The quantitative estimate of drug-likeness (QED) is 0.436. The summed E-state index contributed by atoms with van der Waals surface area (Å²) >= 11 is 0. The molecule has 0 aromatic heterocycles. The van der Waals surface area contributed by atoms with E-state index in [-0.39, 0.29) is 29.5 Å². The molecule has 0 amide bonds. The van der Waals surface area contributed by atoms with E-state index in [4.69, 9.17) is 18.0 Å². The Morgan fingerprint density at radius 3 is 2.12 bits per heavy atom. The largest absolute Gasteiger partial charge is 0.479 e. The maximum absolute atomic E-state index is 12.8. The molecule has 1 aromatic carbocycles. The van der Waals surface area contributed by atoms with E-state index in [0.717, 1.165) is 5.56 Å². The zero-order chi connectivity index (χ0) is 19.3. The van der Waals surface area contributed by atoms with Crippen LogP contribution in [0.3, 0.4) is 0 Å². The predicted molar refractivity (Wildman–Crippen MR) is 95.5 cm³/mol. The monoisotopic (exact) mass is 394 g/mol. The molecular weight excluding hydrogens is 367 g/mol. The summed E-state index contributed by atoms with van der Waals surface area (Å²) in [7, 11) is -7.53. The lowest BCUT2D eigenvalue weighted by molar-refractivity contribution is 0.128. The zero-order valence-electron chi connectivity index (χ0n) is 15.5. The van der Waals surface area contributed by atoms with Crippen LogP contribution < -0.4 is 4.74 Å². The number of hydrogen-bond acceptors (Lipinski definition) is 7. The topological polar surface area (TPSA) is 88.1 Å². The van der Waals surface area contributed by atoms with Crippen LogP contribution >= 0.6 is 7.60 Å². The van der Waals surface area contributed by atoms with Gasteiger partial charge in [0.2, 0.25) is 0 Å². The molecule has 0 aliphatic carbocycles. The van der Waals surface area contributed by atoms with Crippen molar-refractivity contribution in [3.8, 4) is 5.75 Å². The van der Waals surface area contributed by atoms with E-state index in [9.17, 15) is 13.0 Å². The summed E-state index contributed by atoms with van der Waals surface area (Å²) in [6, 6.07) is 4.57. The van der Waals surface area contributed by atoms with Crippen molar-refractivity contribution in [2.24, 2.45) is 0 Å². The van der Waals surface area contributed by atoms with E-state index < -0.39 is 24.1 Å². The van der Waals surface area contributed by atoms with Crippen molar-refractivity contribution in [3.63, 3.8) is 0 Å². The normalized spacial score (nSPS) is 12.8. The van der Waals surface area contributed by atoms with Gasteiger partial charge in [0.25, 0.3) is 0 Å². The Kier molecular flexibility index (Phi) is 8.09. The third kappa shape index (κ3) is 7.07. The molecule has 0 spiro atoms. The molecule has 0 fully saturated rings. The summed E-state index contributed by atoms with van der Waals surface area (Å²) < 4.78 is 58.4. The summed E-state index contributed by atoms with van der Waals surface area (Å²) in [5, 5.41) is 0. The number of ether oxygens (including phenoxy) is 1. The van der Waals surface area contributed by atoms with Crippen LogP contribution in [0.15, 0.2) is 23.1 Å². The van der Waals surface area contributed by atoms with E-state index in [0.29, 0.717) is 0 Å². The molecule has 1 aromatic rings. The van der Waals surface area contributed by atoms with Gasteiger partial charge in [0.1, 0.15) is 10.6 Å². The molecule has 0 heterocycles. The fourth-order valence-electron chi connectivity index (χ4n) is 2.03. The van der Waals surface area contributed by atoms with Crippen LogP contribution in [-0.4, -0.2) is 33.6 Å². The van der Waals surface area contributed by atoms with Crippen molar-refractivity contribution in [1.29, 1.82) is 0 Å². The standard InChI is InChI=1S/C16H27O7PS/c1-7-21-25(18,19)16-9-8-14(6)10-15(16)20-11-24(17,22-12(2)3)23-13(4)5/h8-10,12-13H,7,11H2,1-6H3. The van der Waals surface area contributed by atoms with Crippen molar-refractivity contribution >= 4 is 17.7 Å². The molecule has 9 heteroatoms. The second-order valence-electron chi connectivity index (χ2n) is 6.00. The number of benzene rings is 1. The Balaban J connectivity index is 3.12. The van der Waals surface area contributed by atoms with Crippen LogP contribution in [0.1, 0.15) is 40.2 Å².